The van der Waals surface area contributed by atoms with E-state index in [0.29, 0.717) is 6.04 Å². The van der Waals surface area contributed by atoms with Gasteiger partial charge in [-0.3, -0.25) is 4.90 Å². The van der Waals surface area contributed by atoms with Crippen LogP contribution in [0.3, 0.4) is 0 Å². The highest BCUT2D eigenvalue weighted by molar-refractivity contribution is 5.94. The van der Waals surface area contributed by atoms with E-state index in [1.165, 1.54) is 32.5 Å². The Kier molecular flexibility index (Phi) is 3.22. The SMILES string of the molecule is O=C1NCCN1c1cccc(NC2CCN3CCC2C3)c1. The molecule has 112 valence electrons. The molecule has 0 saturated carbocycles. The first kappa shape index (κ1) is 13.0. The number of amides is 2. The van der Waals surface area contributed by atoms with Gasteiger partial charge in [0, 0.05) is 43.6 Å². The fourth-order valence-corrected chi connectivity index (χ4v) is 3.84. The van der Waals surface area contributed by atoms with Crippen molar-refractivity contribution >= 4 is 17.4 Å². The lowest BCUT2D eigenvalue weighted by Crippen LogP contribution is -2.39. The average Bonchev–Trinajstić information content (AvgIpc) is 3.09. The Labute approximate surface area is 125 Å². The maximum Gasteiger partial charge on any atom is 0.321 e. The van der Waals surface area contributed by atoms with Crippen molar-refractivity contribution in [2.24, 2.45) is 5.92 Å². The Morgan fingerprint density at radius 3 is 2.95 bits per heavy atom. The minimum absolute atomic E-state index is 0.0104. The lowest BCUT2D eigenvalue weighted by Gasteiger charge is -2.32. The van der Waals surface area contributed by atoms with Crippen LogP contribution in [-0.4, -0.2) is 49.7 Å². The summed E-state index contributed by atoms with van der Waals surface area (Å²) in [6.07, 6.45) is 2.53. The van der Waals surface area contributed by atoms with Crippen LogP contribution in [0, 0.1) is 5.92 Å². The molecule has 2 bridgehead atoms. The van der Waals surface area contributed by atoms with E-state index >= 15 is 0 Å². The van der Waals surface area contributed by atoms with Gasteiger partial charge < -0.3 is 15.5 Å². The number of nitrogens with one attached hydrogen (secondary N) is 2. The van der Waals surface area contributed by atoms with Gasteiger partial charge >= 0.3 is 6.03 Å². The summed E-state index contributed by atoms with van der Waals surface area (Å²) >= 11 is 0. The number of benzene rings is 1. The number of urea groups is 1. The minimum Gasteiger partial charge on any atom is -0.382 e. The molecule has 0 spiro atoms. The monoisotopic (exact) mass is 286 g/mol. The summed E-state index contributed by atoms with van der Waals surface area (Å²) in [4.78, 5) is 16.1. The molecule has 5 heteroatoms. The summed E-state index contributed by atoms with van der Waals surface area (Å²) in [5.41, 5.74) is 2.12. The molecule has 3 unspecified atom stereocenters. The molecule has 1 aromatic rings. The van der Waals surface area contributed by atoms with Crippen molar-refractivity contribution in [3.05, 3.63) is 24.3 Å². The van der Waals surface area contributed by atoms with Crippen LogP contribution in [0.15, 0.2) is 24.3 Å². The van der Waals surface area contributed by atoms with Crippen molar-refractivity contribution in [3.63, 3.8) is 0 Å². The van der Waals surface area contributed by atoms with Gasteiger partial charge in [-0.05, 0) is 43.5 Å². The summed E-state index contributed by atoms with van der Waals surface area (Å²) in [7, 11) is 0. The topological polar surface area (TPSA) is 47.6 Å². The van der Waals surface area contributed by atoms with Crippen LogP contribution in [0.5, 0.6) is 0 Å². The van der Waals surface area contributed by atoms with Gasteiger partial charge in [-0.25, -0.2) is 4.79 Å². The van der Waals surface area contributed by atoms with Gasteiger partial charge in [0.25, 0.3) is 0 Å². The van der Waals surface area contributed by atoms with Crippen LogP contribution in [0.1, 0.15) is 12.8 Å². The Hall–Kier alpha value is -1.75. The van der Waals surface area contributed by atoms with Crippen molar-refractivity contribution < 1.29 is 4.79 Å². The van der Waals surface area contributed by atoms with E-state index < -0.39 is 0 Å². The van der Waals surface area contributed by atoms with Gasteiger partial charge in [-0.2, -0.15) is 0 Å². The molecule has 3 fully saturated rings. The Morgan fingerprint density at radius 1 is 1.19 bits per heavy atom. The number of carbonyl (C=O) groups is 1. The predicted molar refractivity (Wildman–Crippen MR) is 83.8 cm³/mol. The molecular weight excluding hydrogens is 264 g/mol. The highest BCUT2D eigenvalue weighted by Crippen LogP contribution is 2.30. The number of nitrogens with zero attached hydrogens (tertiary/aromatic N) is 2. The van der Waals surface area contributed by atoms with Gasteiger partial charge in [0.1, 0.15) is 0 Å². The van der Waals surface area contributed by atoms with Gasteiger partial charge in [-0.15, -0.1) is 0 Å². The van der Waals surface area contributed by atoms with E-state index in [1.807, 2.05) is 17.0 Å². The number of hydrogen-bond donors (Lipinski definition) is 2. The quantitative estimate of drug-likeness (QED) is 0.889. The third kappa shape index (κ3) is 2.46. The number of anilines is 2. The Morgan fingerprint density at radius 2 is 2.10 bits per heavy atom. The second-order valence-electron chi connectivity index (χ2n) is 6.32. The minimum atomic E-state index is 0.0104. The fraction of sp³-hybridized carbons (Fsp3) is 0.562. The van der Waals surface area contributed by atoms with Gasteiger partial charge in [-0.1, -0.05) is 6.07 Å². The molecule has 4 rings (SSSR count). The van der Waals surface area contributed by atoms with Crippen LogP contribution in [0.2, 0.25) is 0 Å². The van der Waals surface area contributed by atoms with E-state index in [-0.39, 0.29) is 6.03 Å². The fourth-order valence-electron chi connectivity index (χ4n) is 3.84. The van der Waals surface area contributed by atoms with E-state index in [1.54, 1.807) is 0 Å². The standard InChI is InChI=1S/C16H22N4O/c21-16-17-6-9-20(16)14-3-1-2-13(10-14)18-15-5-8-19-7-4-12(15)11-19/h1-3,10,12,15,18H,4-9,11H2,(H,17,21). The molecule has 2 N–H and O–H groups in total. The largest absolute Gasteiger partial charge is 0.382 e. The summed E-state index contributed by atoms with van der Waals surface area (Å²) in [5, 5.41) is 6.55. The zero-order valence-corrected chi connectivity index (χ0v) is 12.2. The summed E-state index contributed by atoms with van der Waals surface area (Å²) in [6.45, 7) is 5.20. The Balaban J connectivity index is 1.49. The van der Waals surface area contributed by atoms with Gasteiger partial charge in [0.2, 0.25) is 0 Å². The summed E-state index contributed by atoms with van der Waals surface area (Å²) in [6, 6.07) is 8.84. The second-order valence-corrected chi connectivity index (χ2v) is 6.32. The van der Waals surface area contributed by atoms with Crippen LogP contribution < -0.4 is 15.5 Å². The van der Waals surface area contributed by atoms with Crippen LogP contribution in [0.25, 0.3) is 0 Å². The first-order valence-electron chi connectivity index (χ1n) is 7.94. The average molecular weight is 286 g/mol. The zero-order chi connectivity index (χ0) is 14.2. The molecule has 3 aliphatic rings. The van der Waals surface area contributed by atoms with Crippen LogP contribution in [-0.2, 0) is 0 Å². The molecule has 3 aliphatic heterocycles. The third-order valence-corrected chi connectivity index (χ3v) is 5.00. The maximum atomic E-state index is 11.8. The molecule has 0 aliphatic carbocycles. The number of rotatable bonds is 3. The van der Waals surface area contributed by atoms with Gasteiger partial charge in [0.15, 0.2) is 0 Å². The maximum absolute atomic E-state index is 11.8. The molecule has 21 heavy (non-hydrogen) atoms. The lowest BCUT2D eigenvalue weighted by atomic mass is 9.94. The highest BCUT2D eigenvalue weighted by Gasteiger charge is 2.34. The second kappa shape index (κ2) is 5.22. The third-order valence-electron chi connectivity index (χ3n) is 5.00. The Bertz CT molecular complexity index is 547. The molecule has 1 aromatic carbocycles. The van der Waals surface area contributed by atoms with Crippen LogP contribution in [0.4, 0.5) is 16.2 Å². The molecule has 3 heterocycles. The molecule has 0 radical (unpaired) electrons. The number of carbonyl (C=O) groups excluding carboxylic acids is 1. The van der Waals surface area contributed by atoms with E-state index in [4.69, 9.17) is 0 Å². The van der Waals surface area contributed by atoms with Crippen molar-refractivity contribution in [1.82, 2.24) is 10.2 Å². The van der Waals surface area contributed by atoms with Crippen molar-refractivity contribution in [2.45, 2.75) is 18.9 Å². The van der Waals surface area contributed by atoms with Gasteiger partial charge in [0.05, 0.1) is 0 Å². The van der Waals surface area contributed by atoms with E-state index in [9.17, 15) is 4.79 Å². The molecular formula is C16H22N4O. The first-order valence-corrected chi connectivity index (χ1v) is 7.94. The molecule has 2 amide bonds. The normalized spacial score (nSPS) is 31.3. The molecule has 3 atom stereocenters. The smallest absolute Gasteiger partial charge is 0.321 e. The van der Waals surface area contributed by atoms with Crippen molar-refractivity contribution in [2.75, 3.05) is 42.9 Å². The van der Waals surface area contributed by atoms with Crippen molar-refractivity contribution in [1.29, 1.82) is 0 Å². The number of hydrogen-bond acceptors (Lipinski definition) is 3. The predicted octanol–water partition coefficient (Wildman–Crippen LogP) is 1.72. The highest BCUT2D eigenvalue weighted by atomic mass is 16.2. The molecule has 3 saturated heterocycles. The van der Waals surface area contributed by atoms with E-state index in [0.717, 1.165) is 30.4 Å². The number of fused-ring (bicyclic) bond motifs is 2. The van der Waals surface area contributed by atoms with Crippen molar-refractivity contribution in [3.8, 4) is 0 Å². The molecule has 0 aromatic heterocycles. The first-order chi connectivity index (χ1) is 10.3. The zero-order valence-electron chi connectivity index (χ0n) is 12.2. The lowest BCUT2D eigenvalue weighted by molar-refractivity contribution is 0.252. The number of piperidine rings is 1. The van der Waals surface area contributed by atoms with Crippen LogP contribution >= 0.6 is 0 Å². The summed E-state index contributed by atoms with van der Waals surface area (Å²) < 4.78 is 0. The van der Waals surface area contributed by atoms with E-state index in [2.05, 4.69) is 27.7 Å². The molecule has 5 nitrogen and oxygen atoms in total. The summed E-state index contributed by atoms with van der Waals surface area (Å²) in [5.74, 6) is 0.775.